The summed E-state index contributed by atoms with van der Waals surface area (Å²) in [5, 5.41) is 17.9. The predicted octanol–water partition coefficient (Wildman–Crippen LogP) is 4.93. The second kappa shape index (κ2) is 9.56. The third kappa shape index (κ3) is 5.06. The second-order valence-corrected chi connectivity index (χ2v) is 6.31. The minimum Gasteiger partial charge on any atom is -0.508 e. The first-order chi connectivity index (χ1) is 12.5. The Bertz CT molecular complexity index is 759. The molecule has 136 valence electrons. The van der Waals surface area contributed by atoms with Gasteiger partial charge >= 0.3 is 5.97 Å². The maximum absolute atomic E-state index is 12.8. The van der Waals surface area contributed by atoms with E-state index in [4.69, 9.17) is 5.11 Å². The zero-order valence-corrected chi connectivity index (χ0v) is 14.7. The molecule has 1 saturated carbocycles. The Balaban J connectivity index is 0.000000431. The van der Waals surface area contributed by atoms with Gasteiger partial charge in [0.2, 0.25) is 0 Å². The Hall–Kier alpha value is -2.88. The third-order valence-corrected chi connectivity index (χ3v) is 4.55. The summed E-state index contributed by atoms with van der Waals surface area (Å²) < 4.78 is 0. The van der Waals surface area contributed by atoms with Gasteiger partial charge < -0.3 is 10.2 Å². The van der Waals surface area contributed by atoms with E-state index < -0.39 is 5.97 Å². The van der Waals surface area contributed by atoms with Crippen molar-refractivity contribution in [3.05, 3.63) is 77.9 Å². The summed E-state index contributed by atoms with van der Waals surface area (Å²) in [6, 6.07) is 14.6. The molecule has 0 radical (unpaired) electrons. The number of aliphatic carboxylic acids is 1. The molecule has 2 N–H and O–H groups in total. The summed E-state index contributed by atoms with van der Waals surface area (Å²) in [7, 11) is 0. The van der Waals surface area contributed by atoms with Crippen molar-refractivity contribution in [2.45, 2.75) is 38.0 Å². The minimum absolute atomic E-state index is 0.00655. The van der Waals surface area contributed by atoms with Gasteiger partial charge in [-0.25, -0.2) is 4.79 Å². The maximum Gasteiger partial charge on any atom is 0.327 e. The van der Waals surface area contributed by atoms with Crippen LogP contribution in [-0.4, -0.2) is 22.0 Å². The fourth-order valence-electron chi connectivity index (χ4n) is 3.32. The Morgan fingerprint density at radius 1 is 0.962 bits per heavy atom. The van der Waals surface area contributed by atoms with E-state index in [0.29, 0.717) is 17.0 Å². The molecule has 1 fully saturated rings. The van der Waals surface area contributed by atoms with Crippen LogP contribution in [0.5, 0.6) is 5.75 Å². The zero-order valence-electron chi connectivity index (χ0n) is 14.7. The Labute approximate surface area is 153 Å². The lowest BCUT2D eigenvalue weighted by molar-refractivity contribution is -0.131. The number of rotatable bonds is 4. The summed E-state index contributed by atoms with van der Waals surface area (Å²) in [5.41, 5.74) is 2.19. The molecule has 1 aliphatic carbocycles. The number of carbonyl (C=O) groups excluding carboxylic acids is 1. The monoisotopic (exact) mass is 352 g/mol. The molecule has 0 aliphatic heterocycles. The summed E-state index contributed by atoms with van der Waals surface area (Å²) in [6.07, 6.45) is 6.57. The van der Waals surface area contributed by atoms with Crippen molar-refractivity contribution in [3.8, 4) is 5.75 Å². The van der Waals surface area contributed by atoms with Crippen molar-refractivity contribution in [1.29, 1.82) is 0 Å². The van der Waals surface area contributed by atoms with Gasteiger partial charge in [-0.2, -0.15) is 0 Å². The first-order valence-electron chi connectivity index (χ1n) is 8.81. The highest BCUT2D eigenvalue weighted by Crippen LogP contribution is 2.39. The minimum atomic E-state index is -0.981. The summed E-state index contributed by atoms with van der Waals surface area (Å²) >= 11 is 0. The number of carbonyl (C=O) groups is 2. The molecule has 0 heterocycles. The maximum atomic E-state index is 12.8. The van der Waals surface area contributed by atoms with Crippen molar-refractivity contribution >= 4 is 11.8 Å². The van der Waals surface area contributed by atoms with Crippen molar-refractivity contribution in [1.82, 2.24) is 0 Å². The Morgan fingerprint density at radius 3 is 2.15 bits per heavy atom. The van der Waals surface area contributed by atoms with Crippen LogP contribution in [0.15, 0.2) is 61.2 Å². The van der Waals surface area contributed by atoms with Gasteiger partial charge in [0.1, 0.15) is 5.75 Å². The van der Waals surface area contributed by atoms with E-state index in [1.54, 1.807) is 12.1 Å². The molecular weight excluding hydrogens is 328 g/mol. The van der Waals surface area contributed by atoms with Gasteiger partial charge in [0.05, 0.1) is 0 Å². The topological polar surface area (TPSA) is 74.6 Å². The van der Waals surface area contributed by atoms with Gasteiger partial charge in [0.15, 0.2) is 5.78 Å². The van der Waals surface area contributed by atoms with E-state index >= 15 is 0 Å². The number of carboxylic acids is 1. The summed E-state index contributed by atoms with van der Waals surface area (Å²) in [6.45, 7) is 2.96. The van der Waals surface area contributed by atoms with Crippen LogP contribution in [0.1, 0.15) is 59.5 Å². The summed E-state index contributed by atoms with van der Waals surface area (Å²) in [5.74, 6) is -0.400. The van der Waals surface area contributed by atoms with E-state index in [1.165, 1.54) is 19.3 Å². The normalized spacial score (nSPS) is 14.0. The van der Waals surface area contributed by atoms with Crippen LogP contribution in [0, 0.1) is 0 Å². The predicted molar refractivity (Wildman–Crippen MR) is 102 cm³/mol. The van der Waals surface area contributed by atoms with Crippen LogP contribution in [0.3, 0.4) is 0 Å². The highest BCUT2D eigenvalue weighted by molar-refractivity contribution is 6.10. The Morgan fingerprint density at radius 2 is 1.58 bits per heavy atom. The van der Waals surface area contributed by atoms with Crippen LogP contribution >= 0.6 is 0 Å². The quantitative estimate of drug-likeness (QED) is 0.604. The number of hydrogen-bond acceptors (Lipinski definition) is 3. The highest BCUT2D eigenvalue weighted by Gasteiger charge is 2.24. The average molecular weight is 352 g/mol. The second-order valence-electron chi connectivity index (χ2n) is 6.31. The number of ketones is 1. The molecule has 2 aromatic rings. The van der Waals surface area contributed by atoms with Gasteiger partial charge in [0, 0.05) is 22.8 Å². The van der Waals surface area contributed by atoms with Gasteiger partial charge in [-0.05, 0) is 24.8 Å². The smallest absolute Gasteiger partial charge is 0.327 e. The summed E-state index contributed by atoms with van der Waals surface area (Å²) in [4.78, 5) is 22.0. The standard InChI is InChI=1S/C19H20O2.C3H4O2/c20-17-13-7-12-16(18(17)14-8-3-1-4-9-14)19(21)15-10-5-2-6-11-15;1-2-3(4)5/h2,5-7,10-14,20H,1,3-4,8-9H2;2H,1H2,(H,4,5). The molecule has 4 nitrogen and oxygen atoms in total. The molecule has 0 bridgehead atoms. The molecule has 2 aromatic carbocycles. The fraction of sp³-hybridized carbons (Fsp3) is 0.273. The molecule has 0 unspecified atom stereocenters. The van der Waals surface area contributed by atoms with E-state index in [-0.39, 0.29) is 11.5 Å². The van der Waals surface area contributed by atoms with Gasteiger partial charge in [-0.15, -0.1) is 0 Å². The van der Waals surface area contributed by atoms with Crippen LogP contribution in [0.2, 0.25) is 0 Å². The first kappa shape index (κ1) is 19.4. The molecule has 0 aromatic heterocycles. The van der Waals surface area contributed by atoms with Gasteiger partial charge in [0.25, 0.3) is 0 Å². The lowest BCUT2D eigenvalue weighted by atomic mass is 9.80. The Kier molecular flexibility index (Phi) is 7.15. The van der Waals surface area contributed by atoms with Crippen molar-refractivity contribution < 1.29 is 19.8 Å². The first-order valence-corrected chi connectivity index (χ1v) is 8.81. The van der Waals surface area contributed by atoms with Crippen LogP contribution < -0.4 is 0 Å². The molecular formula is C22H24O4. The number of phenolic OH excluding ortho intramolecular Hbond substituents is 1. The molecule has 26 heavy (non-hydrogen) atoms. The third-order valence-electron chi connectivity index (χ3n) is 4.55. The van der Waals surface area contributed by atoms with Crippen molar-refractivity contribution in [3.63, 3.8) is 0 Å². The molecule has 4 heteroatoms. The number of phenols is 1. The van der Waals surface area contributed by atoms with E-state index in [2.05, 4.69) is 6.58 Å². The SMILES string of the molecule is C=CC(=O)O.O=C(c1ccccc1)c1cccc(O)c1C1CCCCC1. The molecule has 0 saturated heterocycles. The average Bonchev–Trinajstić information content (AvgIpc) is 2.69. The largest absolute Gasteiger partial charge is 0.508 e. The van der Waals surface area contributed by atoms with E-state index in [1.807, 2.05) is 36.4 Å². The highest BCUT2D eigenvalue weighted by atomic mass is 16.4. The van der Waals surface area contributed by atoms with Crippen LogP contribution in [0.4, 0.5) is 0 Å². The van der Waals surface area contributed by atoms with Crippen LogP contribution in [-0.2, 0) is 4.79 Å². The molecule has 0 amide bonds. The van der Waals surface area contributed by atoms with E-state index in [9.17, 15) is 14.7 Å². The number of carboxylic acid groups (broad SMARTS) is 1. The molecule has 1 aliphatic rings. The van der Waals surface area contributed by atoms with Gasteiger partial charge in [-0.3, -0.25) is 4.79 Å². The number of benzene rings is 2. The fourth-order valence-corrected chi connectivity index (χ4v) is 3.32. The number of aromatic hydroxyl groups is 1. The zero-order chi connectivity index (χ0) is 18.9. The lowest BCUT2D eigenvalue weighted by Crippen LogP contribution is -2.12. The molecule has 3 rings (SSSR count). The van der Waals surface area contributed by atoms with Crippen molar-refractivity contribution in [2.75, 3.05) is 0 Å². The molecule has 0 spiro atoms. The molecule has 0 atom stereocenters. The van der Waals surface area contributed by atoms with Gasteiger partial charge in [-0.1, -0.05) is 68.3 Å². The van der Waals surface area contributed by atoms with Crippen molar-refractivity contribution in [2.24, 2.45) is 0 Å². The van der Waals surface area contributed by atoms with E-state index in [0.717, 1.165) is 24.5 Å². The lowest BCUT2D eigenvalue weighted by Gasteiger charge is -2.24. The number of hydrogen-bond donors (Lipinski definition) is 2. The van der Waals surface area contributed by atoms with Crippen LogP contribution in [0.25, 0.3) is 0 Å².